The van der Waals surface area contributed by atoms with Crippen LogP contribution in [0.3, 0.4) is 0 Å². The first-order chi connectivity index (χ1) is 10.2. The second-order valence-electron chi connectivity index (χ2n) is 5.69. The van der Waals surface area contributed by atoms with E-state index in [-0.39, 0.29) is 17.0 Å². The monoisotopic (exact) mass is 284 g/mol. The highest BCUT2D eigenvalue weighted by Crippen LogP contribution is 2.44. The van der Waals surface area contributed by atoms with Crippen LogP contribution in [0.4, 0.5) is 8.78 Å². The van der Waals surface area contributed by atoms with Crippen LogP contribution in [-0.4, -0.2) is 12.3 Å². The van der Waals surface area contributed by atoms with Crippen molar-refractivity contribution in [2.45, 2.75) is 18.3 Å². The van der Waals surface area contributed by atoms with Gasteiger partial charge < -0.3 is 5.43 Å². The van der Waals surface area contributed by atoms with Crippen LogP contribution in [0.25, 0.3) is 0 Å². The van der Waals surface area contributed by atoms with Gasteiger partial charge in [0.2, 0.25) is 0 Å². The first-order valence-corrected chi connectivity index (χ1v) is 7.05. The molecule has 4 heteroatoms. The summed E-state index contributed by atoms with van der Waals surface area (Å²) in [5, 5.41) is 4.48. The molecule has 0 aromatic heterocycles. The van der Waals surface area contributed by atoms with Gasteiger partial charge in [-0.1, -0.05) is 12.1 Å². The van der Waals surface area contributed by atoms with Gasteiger partial charge in [0.25, 0.3) is 0 Å². The minimum absolute atomic E-state index is 0.227. The maximum atomic E-state index is 13.5. The Kier molecular flexibility index (Phi) is 2.61. The van der Waals surface area contributed by atoms with E-state index in [0.29, 0.717) is 6.42 Å². The van der Waals surface area contributed by atoms with Gasteiger partial charge in [-0.3, -0.25) is 0 Å². The topological polar surface area (TPSA) is 24.4 Å². The molecule has 2 aromatic carbocycles. The second-order valence-corrected chi connectivity index (χ2v) is 5.69. The van der Waals surface area contributed by atoms with E-state index in [0.717, 1.165) is 35.4 Å². The highest BCUT2D eigenvalue weighted by atomic mass is 19.1. The molecule has 0 spiro atoms. The van der Waals surface area contributed by atoms with Crippen molar-refractivity contribution in [1.82, 2.24) is 5.43 Å². The molecule has 1 heterocycles. The molecule has 0 bridgehead atoms. The number of nitrogens with zero attached hydrogens (tertiary/aromatic N) is 1. The summed E-state index contributed by atoms with van der Waals surface area (Å²) < 4.78 is 26.7. The molecule has 1 aliphatic carbocycles. The normalized spacial score (nSPS) is 23.0. The predicted octanol–water partition coefficient (Wildman–Crippen LogP) is 3.16. The third kappa shape index (κ3) is 1.78. The summed E-state index contributed by atoms with van der Waals surface area (Å²) in [6, 6.07) is 11.4. The maximum Gasteiger partial charge on any atom is 0.123 e. The Labute approximate surface area is 121 Å². The van der Waals surface area contributed by atoms with E-state index in [4.69, 9.17) is 0 Å². The smallest absolute Gasteiger partial charge is 0.123 e. The predicted molar refractivity (Wildman–Crippen MR) is 77.3 cm³/mol. The van der Waals surface area contributed by atoms with Crippen molar-refractivity contribution in [3.05, 3.63) is 70.8 Å². The summed E-state index contributed by atoms with van der Waals surface area (Å²) in [7, 11) is 0. The molecule has 0 fully saturated rings. The molecule has 2 aromatic rings. The molecule has 2 nitrogen and oxygen atoms in total. The Bertz CT molecular complexity index is 737. The van der Waals surface area contributed by atoms with Crippen molar-refractivity contribution < 1.29 is 8.78 Å². The van der Waals surface area contributed by atoms with Crippen molar-refractivity contribution >= 4 is 5.71 Å². The van der Waals surface area contributed by atoms with Crippen LogP contribution in [0.2, 0.25) is 0 Å². The van der Waals surface area contributed by atoms with E-state index in [2.05, 4.69) is 10.5 Å². The Balaban J connectivity index is 1.90. The summed E-state index contributed by atoms with van der Waals surface area (Å²) in [4.78, 5) is 0. The van der Waals surface area contributed by atoms with Gasteiger partial charge in [-0.2, -0.15) is 5.10 Å². The van der Waals surface area contributed by atoms with Crippen LogP contribution >= 0.6 is 0 Å². The number of hydrogen-bond donors (Lipinski definition) is 1. The standard InChI is InChI=1S/C17H14F2N2/c18-13-3-1-12(2-4-13)17-7-8-20-21-16(17)15-6-5-14(19)9-11(15)10-17/h1-6,9,20H,7-8,10H2. The minimum Gasteiger partial charge on any atom is -0.310 e. The molecule has 4 rings (SSSR count). The van der Waals surface area contributed by atoms with E-state index in [1.54, 1.807) is 12.1 Å². The average molecular weight is 284 g/mol. The first kappa shape index (κ1) is 12.5. The average Bonchev–Trinajstić information content (AvgIpc) is 2.82. The van der Waals surface area contributed by atoms with Crippen molar-refractivity contribution in [3.8, 4) is 0 Å². The van der Waals surface area contributed by atoms with Crippen LogP contribution in [0.1, 0.15) is 23.1 Å². The van der Waals surface area contributed by atoms with E-state index in [1.807, 2.05) is 12.1 Å². The Hall–Kier alpha value is -2.23. The fourth-order valence-electron chi connectivity index (χ4n) is 3.54. The Morgan fingerprint density at radius 1 is 1.00 bits per heavy atom. The van der Waals surface area contributed by atoms with E-state index in [9.17, 15) is 8.78 Å². The molecule has 1 atom stereocenters. The summed E-state index contributed by atoms with van der Waals surface area (Å²) in [5.74, 6) is -0.473. The van der Waals surface area contributed by atoms with Crippen LogP contribution in [0, 0.1) is 11.6 Å². The lowest BCUT2D eigenvalue weighted by Crippen LogP contribution is -2.41. The lowest BCUT2D eigenvalue weighted by Gasteiger charge is -2.33. The molecule has 0 saturated heterocycles. The van der Waals surface area contributed by atoms with Gasteiger partial charge in [0.1, 0.15) is 11.6 Å². The number of fused-ring (bicyclic) bond motifs is 3. The van der Waals surface area contributed by atoms with E-state index >= 15 is 0 Å². The molecule has 1 unspecified atom stereocenters. The maximum absolute atomic E-state index is 13.5. The van der Waals surface area contributed by atoms with Crippen LogP contribution in [0.5, 0.6) is 0 Å². The van der Waals surface area contributed by atoms with Crippen molar-refractivity contribution in [1.29, 1.82) is 0 Å². The number of rotatable bonds is 1. The van der Waals surface area contributed by atoms with E-state index < -0.39 is 0 Å². The summed E-state index contributed by atoms with van der Waals surface area (Å²) in [6.45, 7) is 0.761. The second kappa shape index (κ2) is 4.38. The highest BCUT2D eigenvalue weighted by Gasteiger charge is 2.46. The van der Waals surface area contributed by atoms with Gasteiger partial charge in [-0.25, -0.2) is 8.78 Å². The highest BCUT2D eigenvalue weighted by molar-refractivity contribution is 6.12. The molecule has 0 saturated carbocycles. The molecule has 0 amide bonds. The molecule has 106 valence electrons. The molecular formula is C17H14F2N2. The first-order valence-electron chi connectivity index (χ1n) is 7.05. The number of nitrogens with one attached hydrogen (secondary N) is 1. The van der Waals surface area contributed by atoms with Gasteiger partial charge >= 0.3 is 0 Å². The fourth-order valence-corrected chi connectivity index (χ4v) is 3.54. The zero-order chi connectivity index (χ0) is 14.4. The molecule has 2 aliphatic rings. The molecule has 1 aliphatic heterocycles. The zero-order valence-corrected chi connectivity index (χ0v) is 11.4. The van der Waals surface area contributed by atoms with E-state index in [1.165, 1.54) is 18.2 Å². The summed E-state index contributed by atoms with van der Waals surface area (Å²) in [6.07, 6.45) is 1.58. The van der Waals surface area contributed by atoms with Gasteiger partial charge in [0.05, 0.1) is 5.71 Å². The lowest BCUT2D eigenvalue weighted by molar-refractivity contribution is 0.478. The SMILES string of the molecule is Fc1ccc(C23CCNN=C2c2ccc(F)cc2C3)cc1. The Morgan fingerprint density at radius 2 is 1.76 bits per heavy atom. The quantitative estimate of drug-likeness (QED) is 0.854. The number of benzene rings is 2. The fraction of sp³-hybridized carbons (Fsp3) is 0.235. The zero-order valence-electron chi connectivity index (χ0n) is 11.4. The molecule has 21 heavy (non-hydrogen) atoms. The molecule has 1 N–H and O–H groups in total. The number of hydrazone groups is 1. The van der Waals surface area contributed by atoms with Crippen molar-refractivity contribution in [2.24, 2.45) is 5.10 Å². The van der Waals surface area contributed by atoms with Crippen molar-refractivity contribution in [2.75, 3.05) is 6.54 Å². The van der Waals surface area contributed by atoms with Gasteiger partial charge in [-0.05, 0) is 54.3 Å². The van der Waals surface area contributed by atoms with Crippen LogP contribution in [0.15, 0.2) is 47.6 Å². The van der Waals surface area contributed by atoms with Crippen LogP contribution < -0.4 is 5.43 Å². The van der Waals surface area contributed by atoms with Crippen molar-refractivity contribution in [3.63, 3.8) is 0 Å². The van der Waals surface area contributed by atoms with Gasteiger partial charge in [-0.15, -0.1) is 0 Å². The lowest BCUT2D eigenvalue weighted by atomic mass is 9.73. The minimum atomic E-state index is -0.269. The Morgan fingerprint density at radius 3 is 2.57 bits per heavy atom. The molecular weight excluding hydrogens is 270 g/mol. The third-order valence-electron chi connectivity index (χ3n) is 4.52. The van der Waals surface area contributed by atoms with Gasteiger partial charge in [0, 0.05) is 17.5 Å². The third-order valence-corrected chi connectivity index (χ3v) is 4.52. The number of hydrogen-bond acceptors (Lipinski definition) is 2. The largest absolute Gasteiger partial charge is 0.310 e. The summed E-state index contributed by atoms with van der Waals surface area (Å²) >= 11 is 0. The number of halogens is 2. The molecule has 0 radical (unpaired) electrons. The van der Waals surface area contributed by atoms with Crippen LogP contribution in [-0.2, 0) is 11.8 Å². The summed E-state index contributed by atoms with van der Waals surface area (Å²) in [5.41, 5.74) is 6.72. The van der Waals surface area contributed by atoms with Gasteiger partial charge in [0.15, 0.2) is 0 Å².